The topological polar surface area (TPSA) is 68.0 Å². The summed E-state index contributed by atoms with van der Waals surface area (Å²) in [6.45, 7) is 0. The second-order valence-corrected chi connectivity index (χ2v) is 3.20. The summed E-state index contributed by atoms with van der Waals surface area (Å²) in [6, 6.07) is 4.35. The van der Waals surface area contributed by atoms with Gasteiger partial charge in [-0.05, 0) is 18.2 Å². The van der Waals surface area contributed by atoms with Gasteiger partial charge in [0.25, 0.3) is 0 Å². The SMILES string of the molecule is O=C(O)c1ccc(Cl)c(-n2nccn2)c1. The molecule has 0 saturated carbocycles. The van der Waals surface area contributed by atoms with Gasteiger partial charge in [-0.1, -0.05) is 11.6 Å². The van der Waals surface area contributed by atoms with Gasteiger partial charge >= 0.3 is 5.97 Å². The highest BCUT2D eigenvalue weighted by Gasteiger charge is 2.09. The summed E-state index contributed by atoms with van der Waals surface area (Å²) in [6.07, 6.45) is 2.98. The predicted octanol–water partition coefficient (Wildman–Crippen LogP) is 1.62. The Kier molecular flexibility index (Phi) is 2.39. The van der Waals surface area contributed by atoms with Gasteiger partial charge < -0.3 is 5.11 Å². The predicted molar refractivity (Wildman–Crippen MR) is 53.3 cm³/mol. The van der Waals surface area contributed by atoms with Crippen molar-refractivity contribution in [1.29, 1.82) is 0 Å². The number of hydrogen-bond donors (Lipinski definition) is 1. The Hall–Kier alpha value is -1.88. The maximum atomic E-state index is 10.7. The van der Waals surface area contributed by atoms with Crippen molar-refractivity contribution in [2.75, 3.05) is 0 Å². The smallest absolute Gasteiger partial charge is 0.335 e. The highest BCUT2D eigenvalue weighted by Crippen LogP contribution is 2.20. The fourth-order valence-corrected chi connectivity index (χ4v) is 1.33. The molecule has 0 radical (unpaired) electrons. The molecule has 6 heteroatoms. The summed E-state index contributed by atoms with van der Waals surface area (Å²) in [5, 5.41) is 17.0. The van der Waals surface area contributed by atoms with Crippen molar-refractivity contribution in [3.8, 4) is 5.69 Å². The van der Waals surface area contributed by atoms with E-state index >= 15 is 0 Å². The number of carboxylic acid groups (broad SMARTS) is 1. The minimum Gasteiger partial charge on any atom is -0.478 e. The van der Waals surface area contributed by atoms with Gasteiger partial charge in [0.05, 0.1) is 23.0 Å². The van der Waals surface area contributed by atoms with E-state index in [4.69, 9.17) is 16.7 Å². The van der Waals surface area contributed by atoms with E-state index in [9.17, 15) is 4.79 Å². The van der Waals surface area contributed by atoms with Crippen molar-refractivity contribution >= 4 is 17.6 Å². The van der Waals surface area contributed by atoms with Crippen molar-refractivity contribution in [3.63, 3.8) is 0 Å². The number of hydrogen-bond acceptors (Lipinski definition) is 3. The van der Waals surface area contributed by atoms with Crippen LogP contribution in [0.3, 0.4) is 0 Å². The average Bonchev–Trinajstić information content (AvgIpc) is 2.71. The molecule has 0 unspecified atom stereocenters. The first-order valence-electron chi connectivity index (χ1n) is 4.08. The molecular weight excluding hydrogens is 218 g/mol. The summed E-state index contributed by atoms with van der Waals surface area (Å²) in [5.74, 6) is -1.01. The normalized spacial score (nSPS) is 10.2. The maximum absolute atomic E-state index is 10.7. The molecule has 0 aliphatic heterocycles. The van der Waals surface area contributed by atoms with Crippen LogP contribution in [0.15, 0.2) is 30.6 Å². The lowest BCUT2D eigenvalue weighted by atomic mass is 10.2. The number of benzene rings is 1. The molecule has 76 valence electrons. The standard InChI is InChI=1S/C9H6ClN3O2/c10-7-2-1-6(9(14)15)5-8(7)13-11-3-4-12-13/h1-5H,(H,14,15). The number of aromatic nitrogens is 3. The average molecular weight is 224 g/mol. The van der Waals surface area contributed by atoms with Gasteiger partial charge in [-0.2, -0.15) is 15.0 Å². The monoisotopic (exact) mass is 223 g/mol. The van der Waals surface area contributed by atoms with Gasteiger partial charge in [-0.15, -0.1) is 0 Å². The highest BCUT2D eigenvalue weighted by molar-refractivity contribution is 6.32. The first-order valence-corrected chi connectivity index (χ1v) is 4.46. The minimum atomic E-state index is -1.01. The van der Waals surface area contributed by atoms with E-state index in [1.807, 2.05) is 0 Å². The van der Waals surface area contributed by atoms with E-state index in [0.29, 0.717) is 10.7 Å². The summed E-state index contributed by atoms with van der Waals surface area (Å²) < 4.78 is 0. The molecule has 0 bridgehead atoms. The second kappa shape index (κ2) is 3.70. The molecule has 1 N–H and O–H groups in total. The summed E-state index contributed by atoms with van der Waals surface area (Å²) in [7, 11) is 0. The third-order valence-electron chi connectivity index (χ3n) is 1.83. The molecule has 15 heavy (non-hydrogen) atoms. The number of carboxylic acids is 1. The lowest BCUT2D eigenvalue weighted by molar-refractivity contribution is 0.0697. The molecule has 0 aliphatic carbocycles. The van der Waals surface area contributed by atoms with Crippen molar-refractivity contribution in [1.82, 2.24) is 15.0 Å². The Morgan fingerprint density at radius 2 is 2.00 bits per heavy atom. The summed E-state index contributed by atoms with van der Waals surface area (Å²) in [5.41, 5.74) is 0.591. The molecule has 0 amide bonds. The minimum absolute atomic E-state index is 0.145. The molecule has 1 heterocycles. The number of carbonyl (C=O) groups is 1. The lowest BCUT2D eigenvalue weighted by Gasteiger charge is -2.03. The van der Waals surface area contributed by atoms with Gasteiger partial charge in [-0.3, -0.25) is 0 Å². The number of halogens is 1. The first kappa shape index (κ1) is 9.67. The molecule has 2 rings (SSSR count). The number of rotatable bonds is 2. The second-order valence-electron chi connectivity index (χ2n) is 2.79. The van der Waals surface area contributed by atoms with Crippen LogP contribution < -0.4 is 0 Å². The quantitative estimate of drug-likeness (QED) is 0.840. The fourth-order valence-electron chi connectivity index (χ4n) is 1.14. The van der Waals surface area contributed by atoms with Crippen molar-refractivity contribution in [2.45, 2.75) is 0 Å². The van der Waals surface area contributed by atoms with Crippen molar-refractivity contribution in [2.24, 2.45) is 0 Å². The highest BCUT2D eigenvalue weighted by atomic mass is 35.5. The Morgan fingerprint density at radius 3 is 2.60 bits per heavy atom. The van der Waals surface area contributed by atoms with Crippen LogP contribution in [0.2, 0.25) is 5.02 Å². The van der Waals surface area contributed by atoms with Gasteiger partial charge in [0.2, 0.25) is 0 Å². The van der Waals surface area contributed by atoms with Crippen LogP contribution in [0.5, 0.6) is 0 Å². The molecule has 5 nitrogen and oxygen atoms in total. The van der Waals surface area contributed by atoms with E-state index in [1.54, 1.807) is 0 Å². The zero-order valence-corrected chi connectivity index (χ0v) is 8.22. The molecular formula is C9H6ClN3O2. The molecule has 2 aromatic rings. The largest absolute Gasteiger partial charge is 0.478 e. The van der Waals surface area contributed by atoms with Crippen LogP contribution in [0.4, 0.5) is 0 Å². The number of nitrogens with zero attached hydrogens (tertiary/aromatic N) is 3. The third-order valence-corrected chi connectivity index (χ3v) is 2.15. The van der Waals surface area contributed by atoms with Crippen LogP contribution in [0.1, 0.15) is 10.4 Å². The van der Waals surface area contributed by atoms with Crippen LogP contribution in [-0.4, -0.2) is 26.1 Å². The molecule has 0 aliphatic rings. The van der Waals surface area contributed by atoms with E-state index < -0.39 is 5.97 Å². The Bertz CT molecular complexity index is 496. The molecule has 0 spiro atoms. The molecule has 0 fully saturated rings. The lowest BCUT2D eigenvalue weighted by Crippen LogP contribution is -2.03. The fraction of sp³-hybridized carbons (Fsp3) is 0. The van der Waals surface area contributed by atoms with Gasteiger partial charge in [0, 0.05) is 0 Å². The van der Waals surface area contributed by atoms with Gasteiger partial charge in [-0.25, -0.2) is 4.79 Å². The summed E-state index contributed by atoms with van der Waals surface area (Å²) >= 11 is 5.90. The zero-order chi connectivity index (χ0) is 10.8. The van der Waals surface area contributed by atoms with Crippen molar-refractivity contribution in [3.05, 3.63) is 41.2 Å². The van der Waals surface area contributed by atoms with Crippen LogP contribution in [0.25, 0.3) is 5.69 Å². The molecule has 0 saturated heterocycles. The van der Waals surface area contributed by atoms with E-state index in [-0.39, 0.29) is 5.56 Å². The Balaban J connectivity index is 2.55. The van der Waals surface area contributed by atoms with E-state index in [0.717, 1.165) is 0 Å². The van der Waals surface area contributed by atoms with E-state index in [1.165, 1.54) is 35.4 Å². The molecule has 1 aromatic carbocycles. The van der Waals surface area contributed by atoms with Crippen LogP contribution in [0, 0.1) is 0 Å². The zero-order valence-electron chi connectivity index (χ0n) is 7.46. The number of aromatic carboxylic acids is 1. The maximum Gasteiger partial charge on any atom is 0.335 e. The Morgan fingerprint density at radius 1 is 1.33 bits per heavy atom. The van der Waals surface area contributed by atoms with Gasteiger partial charge in [0.15, 0.2) is 0 Å². The van der Waals surface area contributed by atoms with Crippen LogP contribution >= 0.6 is 11.6 Å². The first-order chi connectivity index (χ1) is 7.18. The van der Waals surface area contributed by atoms with Crippen LogP contribution in [-0.2, 0) is 0 Å². The molecule has 1 aromatic heterocycles. The summed E-state index contributed by atoms with van der Waals surface area (Å²) in [4.78, 5) is 12.0. The molecule has 0 atom stereocenters. The third kappa shape index (κ3) is 1.82. The van der Waals surface area contributed by atoms with Crippen molar-refractivity contribution < 1.29 is 9.90 Å². The van der Waals surface area contributed by atoms with Gasteiger partial charge in [0.1, 0.15) is 5.69 Å². The Labute approximate surface area is 89.9 Å². The van der Waals surface area contributed by atoms with E-state index in [2.05, 4.69) is 10.2 Å².